The molecule has 0 unspecified atom stereocenters. The van der Waals surface area contributed by atoms with Gasteiger partial charge in [0.15, 0.2) is 0 Å². The Bertz CT molecular complexity index is 481. The molecule has 0 amide bonds. The molecule has 0 saturated heterocycles. The predicted molar refractivity (Wildman–Crippen MR) is 69.9 cm³/mol. The number of rotatable bonds is 5. The fourth-order valence-electron chi connectivity index (χ4n) is 1.72. The summed E-state index contributed by atoms with van der Waals surface area (Å²) < 4.78 is 39.1. The van der Waals surface area contributed by atoms with Gasteiger partial charge in [0.05, 0.1) is 0 Å². The van der Waals surface area contributed by atoms with Crippen molar-refractivity contribution >= 4 is 11.7 Å². The lowest BCUT2D eigenvalue weighted by Gasteiger charge is -2.15. The van der Waals surface area contributed by atoms with Crippen LogP contribution >= 0.6 is 0 Å². The van der Waals surface area contributed by atoms with Crippen molar-refractivity contribution in [3.63, 3.8) is 0 Å². The molecule has 6 heteroatoms. The number of aliphatic carboxylic acids is 1. The Hall–Kier alpha value is -1.85. The molecule has 0 radical (unpaired) electrons. The van der Waals surface area contributed by atoms with Crippen LogP contribution in [0.5, 0.6) is 0 Å². The van der Waals surface area contributed by atoms with Gasteiger partial charge in [-0.3, -0.25) is 4.99 Å². The van der Waals surface area contributed by atoms with Crippen LogP contribution in [-0.4, -0.2) is 29.0 Å². The zero-order valence-corrected chi connectivity index (χ0v) is 11.2. The Balaban J connectivity index is 3.22. The molecule has 3 nitrogen and oxygen atoms in total. The number of halogens is 3. The molecule has 110 valence electrons. The van der Waals surface area contributed by atoms with Gasteiger partial charge in [-0.1, -0.05) is 44.2 Å². The minimum Gasteiger partial charge on any atom is -0.480 e. The van der Waals surface area contributed by atoms with Crippen LogP contribution in [0.3, 0.4) is 0 Å². The second kappa shape index (κ2) is 6.54. The van der Waals surface area contributed by atoms with Gasteiger partial charge < -0.3 is 5.11 Å². The highest BCUT2D eigenvalue weighted by molar-refractivity contribution is 6.05. The van der Waals surface area contributed by atoms with Crippen molar-refractivity contribution in [2.75, 3.05) is 0 Å². The number of benzene rings is 1. The molecule has 0 bridgehead atoms. The van der Waals surface area contributed by atoms with Crippen molar-refractivity contribution in [2.24, 2.45) is 10.9 Å². The van der Waals surface area contributed by atoms with Gasteiger partial charge in [-0.15, -0.1) is 0 Å². The first-order valence-electron chi connectivity index (χ1n) is 6.15. The van der Waals surface area contributed by atoms with Gasteiger partial charge in [-0.25, -0.2) is 4.79 Å². The van der Waals surface area contributed by atoms with E-state index < -0.39 is 23.9 Å². The highest BCUT2D eigenvalue weighted by Crippen LogP contribution is 2.24. The summed E-state index contributed by atoms with van der Waals surface area (Å²) in [6.45, 7) is 3.47. The fourth-order valence-corrected chi connectivity index (χ4v) is 1.72. The molecule has 0 aliphatic carbocycles. The second-order valence-corrected chi connectivity index (χ2v) is 4.83. The van der Waals surface area contributed by atoms with Gasteiger partial charge in [0, 0.05) is 5.56 Å². The van der Waals surface area contributed by atoms with Crippen LogP contribution in [0.15, 0.2) is 35.3 Å². The van der Waals surface area contributed by atoms with Gasteiger partial charge in [0.1, 0.15) is 11.8 Å². The SMILES string of the molecule is CC(C)C[C@H](/N=C(\c1ccccc1)C(F)(F)F)C(=O)O. The van der Waals surface area contributed by atoms with Crippen molar-refractivity contribution in [3.05, 3.63) is 35.9 Å². The average molecular weight is 287 g/mol. The molecule has 20 heavy (non-hydrogen) atoms. The smallest absolute Gasteiger partial charge is 0.433 e. The van der Waals surface area contributed by atoms with Crippen LogP contribution in [0.2, 0.25) is 0 Å². The second-order valence-electron chi connectivity index (χ2n) is 4.83. The number of alkyl halides is 3. The van der Waals surface area contributed by atoms with Crippen molar-refractivity contribution < 1.29 is 23.1 Å². The maximum Gasteiger partial charge on any atom is 0.433 e. The third kappa shape index (κ3) is 4.68. The normalized spacial score (nSPS) is 14.4. The van der Waals surface area contributed by atoms with E-state index in [4.69, 9.17) is 5.11 Å². The van der Waals surface area contributed by atoms with E-state index in [0.717, 1.165) is 0 Å². The monoisotopic (exact) mass is 287 g/mol. The largest absolute Gasteiger partial charge is 0.480 e. The molecule has 0 heterocycles. The van der Waals surface area contributed by atoms with E-state index in [1.807, 2.05) is 0 Å². The summed E-state index contributed by atoms with van der Waals surface area (Å²) in [7, 11) is 0. The molecule has 0 spiro atoms. The maximum atomic E-state index is 13.0. The van der Waals surface area contributed by atoms with E-state index in [2.05, 4.69) is 4.99 Å². The third-order valence-corrected chi connectivity index (χ3v) is 2.58. The van der Waals surface area contributed by atoms with Gasteiger partial charge in [-0.05, 0) is 12.3 Å². The van der Waals surface area contributed by atoms with Gasteiger partial charge >= 0.3 is 12.1 Å². The van der Waals surface area contributed by atoms with Crippen molar-refractivity contribution in [3.8, 4) is 0 Å². The van der Waals surface area contributed by atoms with Gasteiger partial charge in [0.2, 0.25) is 0 Å². The molecule has 0 fully saturated rings. The van der Waals surface area contributed by atoms with Crippen molar-refractivity contribution in [2.45, 2.75) is 32.5 Å². The molecule has 0 saturated carbocycles. The lowest BCUT2D eigenvalue weighted by molar-refractivity contribution is -0.138. The maximum absolute atomic E-state index is 13.0. The van der Waals surface area contributed by atoms with Crippen LogP contribution in [0.25, 0.3) is 0 Å². The quantitative estimate of drug-likeness (QED) is 0.842. The number of hydrogen-bond acceptors (Lipinski definition) is 2. The Labute approximate surface area is 115 Å². The summed E-state index contributed by atoms with van der Waals surface area (Å²) in [5.74, 6) is -1.42. The van der Waals surface area contributed by atoms with E-state index in [1.165, 1.54) is 24.3 Å². The highest BCUT2D eigenvalue weighted by Gasteiger charge is 2.38. The first-order valence-corrected chi connectivity index (χ1v) is 6.15. The Morgan fingerprint density at radius 1 is 1.25 bits per heavy atom. The van der Waals surface area contributed by atoms with Crippen LogP contribution in [0, 0.1) is 5.92 Å². The number of aliphatic imine (C=N–C) groups is 1. The summed E-state index contributed by atoms with van der Waals surface area (Å²) in [5, 5.41) is 9.01. The Morgan fingerprint density at radius 3 is 2.20 bits per heavy atom. The summed E-state index contributed by atoms with van der Waals surface area (Å²) in [4.78, 5) is 14.5. The molecule has 1 aromatic carbocycles. The minimum absolute atomic E-state index is 0.0573. The van der Waals surface area contributed by atoms with Crippen molar-refractivity contribution in [1.82, 2.24) is 0 Å². The van der Waals surface area contributed by atoms with E-state index in [0.29, 0.717) is 0 Å². The third-order valence-electron chi connectivity index (χ3n) is 2.58. The Kier molecular flexibility index (Phi) is 5.30. The molecule has 1 atom stereocenters. The summed E-state index contributed by atoms with van der Waals surface area (Å²) >= 11 is 0. The molecule has 0 aliphatic rings. The van der Waals surface area contributed by atoms with Crippen LogP contribution < -0.4 is 0 Å². The van der Waals surface area contributed by atoms with Crippen LogP contribution in [0.4, 0.5) is 13.2 Å². The zero-order valence-electron chi connectivity index (χ0n) is 11.2. The van der Waals surface area contributed by atoms with E-state index >= 15 is 0 Å². The number of carboxylic acid groups (broad SMARTS) is 1. The molecular formula is C14H16F3NO2. The Morgan fingerprint density at radius 2 is 1.80 bits per heavy atom. The number of carbonyl (C=O) groups is 1. The van der Waals surface area contributed by atoms with Gasteiger partial charge in [0.25, 0.3) is 0 Å². The van der Waals surface area contributed by atoms with Crippen molar-refractivity contribution in [1.29, 1.82) is 0 Å². The number of hydrogen-bond donors (Lipinski definition) is 1. The average Bonchev–Trinajstić information content (AvgIpc) is 2.33. The zero-order chi connectivity index (χ0) is 15.3. The highest BCUT2D eigenvalue weighted by atomic mass is 19.4. The first kappa shape index (κ1) is 16.2. The molecule has 1 N–H and O–H groups in total. The fraction of sp³-hybridized carbons (Fsp3) is 0.429. The number of nitrogens with zero attached hydrogens (tertiary/aromatic N) is 1. The summed E-state index contributed by atoms with van der Waals surface area (Å²) in [6, 6.07) is 5.62. The summed E-state index contributed by atoms with van der Waals surface area (Å²) in [6.07, 6.45) is -4.63. The van der Waals surface area contributed by atoms with E-state index in [1.54, 1.807) is 19.9 Å². The van der Waals surface area contributed by atoms with E-state index in [-0.39, 0.29) is 17.9 Å². The van der Waals surface area contributed by atoms with Crippen LogP contribution in [-0.2, 0) is 4.79 Å². The van der Waals surface area contributed by atoms with Gasteiger partial charge in [-0.2, -0.15) is 13.2 Å². The predicted octanol–water partition coefficient (Wildman–Crippen LogP) is 3.54. The molecule has 1 aromatic rings. The van der Waals surface area contributed by atoms with E-state index in [9.17, 15) is 18.0 Å². The summed E-state index contributed by atoms with van der Waals surface area (Å²) in [5.41, 5.74) is -1.28. The lowest BCUT2D eigenvalue weighted by Crippen LogP contribution is -2.29. The minimum atomic E-state index is -4.69. The number of carboxylic acids is 1. The first-order chi connectivity index (χ1) is 9.21. The van der Waals surface area contributed by atoms with Crippen LogP contribution in [0.1, 0.15) is 25.8 Å². The molecule has 0 aliphatic heterocycles. The topological polar surface area (TPSA) is 49.7 Å². The molecule has 1 rings (SSSR count). The lowest BCUT2D eigenvalue weighted by atomic mass is 10.0. The molecular weight excluding hydrogens is 271 g/mol. The standard InChI is InChI=1S/C14H16F3NO2/c1-9(2)8-11(13(19)20)18-12(14(15,16)17)10-6-4-3-5-7-10/h3-7,9,11H,8H2,1-2H3,(H,19,20)/b18-12+/t11-/m0/s1. The molecule has 0 aromatic heterocycles.